The lowest BCUT2D eigenvalue weighted by Gasteiger charge is -2.56. The van der Waals surface area contributed by atoms with Crippen molar-refractivity contribution in [3.63, 3.8) is 0 Å². The number of imide groups is 1. The first kappa shape index (κ1) is 35.3. The first-order valence-corrected chi connectivity index (χ1v) is 17.4. The van der Waals surface area contributed by atoms with Crippen LogP contribution in [0.15, 0.2) is 45.4 Å². The third-order valence-corrected chi connectivity index (χ3v) is 10.9. The van der Waals surface area contributed by atoms with Crippen molar-refractivity contribution in [2.24, 2.45) is 0 Å². The quantitative estimate of drug-likeness (QED) is 0.0410. The van der Waals surface area contributed by atoms with Crippen LogP contribution in [0.2, 0.25) is 0 Å². The Morgan fingerprint density at radius 3 is 2.63 bits per heavy atom. The third kappa shape index (κ3) is 6.94. The van der Waals surface area contributed by atoms with Crippen molar-refractivity contribution < 1.29 is 48.2 Å². The maximum Gasteiger partial charge on any atom is 0.352 e. The van der Waals surface area contributed by atoms with E-state index in [-0.39, 0.29) is 54.6 Å². The van der Waals surface area contributed by atoms with Gasteiger partial charge >= 0.3 is 29.8 Å². The summed E-state index contributed by atoms with van der Waals surface area (Å²) in [5, 5.41) is 23.9. The lowest BCUT2D eigenvalue weighted by atomic mass is 9.94. The van der Waals surface area contributed by atoms with Crippen LogP contribution in [-0.2, 0) is 33.6 Å². The summed E-state index contributed by atoms with van der Waals surface area (Å²) in [7, 11) is 0. The van der Waals surface area contributed by atoms with E-state index in [0.717, 1.165) is 23.6 Å². The van der Waals surface area contributed by atoms with Crippen LogP contribution in [0.4, 0.5) is 4.79 Å². The van der Waals surface area contributed by atoms with E-state index in [1.807, 2.05) is 0 Å². The molecule has 2 fully saturated rings. The number of nitrogens with one attached hydrogen (secondary N) is 3. The number of benzene rings is 1. The molecule has 5 rings (SSSR count). The zero-order chi connectivity index (χ0) is 35.5. The number of aliphatic carboxylic acids is 1. The summed E-state index contributed by atoms with van der Waals surface area (Å²) >= 11 is 3.59. The van der Waals surface area contributed by atoms with Crippen molar-refractivity contribution in [2.45, 2.75) is 35.3 Å². The standard InChI is InChI=1S/C28H28N8O10S3/c1-3-34-7-8-35(22(41)21(34)40)26(45)31-18(15-5-4-6-17(9-15)46-14(2)38)20(39)32-28(29-12-37)24(44)36-19(23(42)43)16(10-47-25(28)36)11-48-27-33-30-13-49-27/h4-6,9,12-13,18,25H,3,7-8,10-11H2,1-2H3,(H,29,37)(H,31,45)(H,32,39)(H,42,43)/t18?,25-,28+/m0/s1. The maximum atomic E-state index is 14.1. The van der Waals surface area contributed by atoms with E-state index >= 15 is 0 Å². The highest BCUT2D eigenvalue weighted by molar-refractivity contribution is 8.01. The fourth-order valence-electron chi connectivity index (χ4n) is 5.34. The van der Waals surface area contributed by atoms with Crippen molar-refractivity contribution in [1.29, 1.82) is 0 Å². The van der Waals surface area contributed by atoms with Gasteiger partial charge in [-0.3, -0.25) is 38.6 Å². The molecule has 2 saturated heterocycles. The average Bonchev–Trinajstić information content (AvgIpc) is 3.60. The smallest absolute Gasteiger partial charge is 0.352 e. The van der Waals surface area contributed by atoms with Gasteiger partial charge in [-0.05, 0) is 30.2 Å². The lowest BCUT2D eigenvalue weighted by molar-refractivity contribution is -0.163. The number of urea groups is 1. The van der Waals surface area contributed by atoms with Gasteiger partial charge in [-0.25, -0.2) is 9.59 Å². The van der Waals surface area contributed by atoms with Crippen LogP contribution in [0, 0.1) is 0 Å². The summed E-state index contributed by atoms with van der Waals surface area (Å²) in [6.45, 7) is 2.96. The SMILES string of the molecule is CCN1CCN(C(=O)NC(C(=O)N[C@]2(NC=O)C(=O)N3C(C(=O)O)=C(CSc4nncs4)CS[C@H]32)c2cccc(OC(C)=O)c2)C(=O)C1=O. The minimum Gasteiger partial charge on any atom is -0.477 e. The molecule has 3 aliphatic heterocycles. The third-order valence-electron chi connectivity index (χ3n) is 7.59. The minimum atomic E-state index is -2.14. The number of carbonyl (C=O) groups excluding carboxylic acids is 7. The summed E-state index contributed by atoms with van der Waals surface area (Å²) < 4.78 is 5.71. The molecule has 18 nitrogen and oxygen atoms in total. The molecule has 3 aliphatic rings. The number of carboxylic acids is 1. The van der Waals surface area contributed by atoms with Gasteiger partial charge in [0.2, 0.25) is 18.0 Å². The van der Waals surface area contributed by atoms with E-state index in [9.17, 15) is 43.5 Å². The summed E-state index contributed by atoms with van der Waals surface area (Å²) in [5.41, 5.74) is -0.483. The molecule has 4 heterocycles. The minimum absolute atomic E-state index is 0.00416. The van der Waals surface area contributed by atoms with Crippen LogP contribution in [-0.4, -0.2) is 120 Å². The number of hydrogen-bond acceptors (Lipinski definition) is 14. The Hall–Kier alpha value is -5.02. The number of amides is 7. The van der Waals surface area contributed by atoms with Gasteiger partial charge in [0.05, 0.1) is 0 Å². The van der Waals surface area contributed by atoms with Gasteiger partial charge in [0.15, 0.2) is 4.34 Å². The van der Waals surface area contributed by atoms with Crippen LogP contribution in [0.25, 0.3) is 0 Å². The average molecular weight is 733 g/mol. The topological polar surface area (TPSA) is 238 Å². The molecule has 1 aromatic heterocycles. The first-order valence-electron chi connectivity index (χ1n) is 14.4. The van der Waals surface area contributed by atoms with E-state index in [2.05, 4.69) is 26.1 Å². The molecule has 2 aromatic rings. The fraction of sp³-hybridized carbons (Fsp3) is 0.357. The largest absolute Gasteiger partial charge is 0.477 e. The highest BCUT2D eigenvalue weighted by Gasteiger charge is 2.66. The number of hydrogen-bond donors (Lipinski definition) is 4. The summed E-state index contributed by atoms with van der Waals surface area (Å²) in [6, 6.07) is 2.72. The summed E-state index contributed by atoms with van der Waals surface area (Å²) in [5.74, 6) is -5.81. The normalized spacial score (nSPS) is 21.0. The van der Waals surface area contributed by atoms with Gasteiger partial charge in [-0.15, -0.1) is 22.0 Å². The Morgan fingerprint density at radius 2 is 1.98 bits per heavy atom. The number of esters is 1. The predicted molar refractivity (Wildman–Crippen MR) is 171 cm³/mol. The molecule has 1 aromatic carbocycles. The molecule has 0 spiro atoms. The Bertz CT molecular complexity index is 1750. The molecule has 21 heteroatoms. The number of fused-ring (bicyclic) bond motifs is 1. The van der Waals surface area contributed by atoms with Crippen molar-refractivity contribution in [1.82, 2.24) is 40.8 Å². The molecule has 0 saturated carbocycles. The molecular weight excluding hydrogens is 705 g/mol. The number of thioether (sulfide) groups is 2. The predicted octanol–water partition coefficient (Wildman–Crippen LogP) is -0.491. The summed E-state index contributed by atoms with van der Waals surface area (Å²) in [4.78, 5) is 105. The van der Waals surface area contributed by atoms with Crippen LogP contribution >= 0.6 is 34.9 Å². The number of likely N-dealkylation sites (N-methyl/N-ethyl adjacent to an activating group) is 1. The molecule has 4 N–H and O–H groups in total. The van der Waals surface area contributed by atoms with Crippen molar-refractivity contribution in [3.8, 4) is 5.75 Å². The van der Waals surface area contributed by atoms with Crippen LogP contribution in [0.1, 0.15) is 25.5 Å². The number of nitrogens with zero attached hydrogens (tertiary/aromatic N) is 5. The Morgan fingerprint density at radius 1 is 1.20 bits per heavy atom. The highest BCUT2D eigenvalue weighted by atomic mass is 32.2. The van der Waals surface area contributed by atoms with Gasteiger partial charge in [0, 0.05) is 38.1 Å². The number of piperazine rings is 1. The second-order valence-corrected chi connectivity index (χ2v) is 13.7. The second-order valence-electron chi connectivity index (χ2n) is 10.5. The zero-order valence-electron chi connectivity index (χ0n) is 25.7. The molecule has 0 aliphatic carbocycles. The molecule has 3 atom stereocenters. The van der Waals surface area contributed by atoms with Gasteiger partial charge in [0.25, 0.3) is 5.91 Å². The lowest BCUT2D eigenvalue weighted by Crippen LogP contribution is -2.85. The number of β-lactam (4-membered cyclic amide) rings is 1. The van der Waals surface area contributed by atoms with Gasteiger partial charge in [-0.2, -0.15) is 0 Å². The van der Waals surface area contributed by atoms with Crippen LogP contribution < -0.4 is 20.7 Å². The maximum absolute atomic E-state index is 14.1. The monoisotopic (exact) mass is 732 g/mol. The Labute approximate surface area is 290 Å². The number of carboxylic acid groups (broad SMARTS) is 1. The van der Waals surface area contributed by atoms with Crippen molar-refractivity contribution in [3.05, 3.63) is 46.6 Å². The Kier molecular flexibility index (Phi) is 10.5. The van der Waals surface area contributed by atoms with E-state index in [1.165, 1.54) is 57.8 Å². The zero-order valence-corrected chi connectivity index (χ0v) is 28.2. The van der Waals surface area contributed by atoms with Crippen LogP contribution in [0.3, 0.4) is 0 Å². The molecule has 49 heavy (non-hydrogen) atoms. The fourth-order valence-corrected chi connectivity index (χ4v) is 8.40. The van der Waals surface area contributed by atoms with E-state index in [4.69, 9.17) is 4.74 Å². The van der Waals surface area contributed by atoms with Gasteiger partial charge < -0.3 is 30.7 Å². The second kappa shape index (κ2) is 14.6. The highest BCUT2D eigenvalue weighted by Crippen LogP contribution is 2.46. The number of ether oxygens (including phenoxy) is 1. The van der Waals surface area contributed by atoms with E-state index in [0.29, 0.717) is 14.8 Å². The Balaban J connectivity index is 1.44. The van der Waals surface area contributed by atoms with Crippen molar-refractivity contribution in [2.75, 3.05) is 31.1 Å². The number of rotatable bonds is 12. The van der Waals surface area contributed by atoms with E-state index < -0.39 is 58.7 Å². The molecule has 0 bridgehead atoms. The van der Waals surface area contributed by atoms with Gasteiger partial charge in [0.1, 0.15) is 28.4 Å². The first-order chi connectivity index (χ1) is 23.4. The van der Waals surface area contributed by atoms with Crippen LogP contribution in [0.5, 0.6) is 5.75 Å². The van der Waals surface area contributed by atoms with Crippen molar-refractivity contribution >= 4 is 82.9 Å². The number of carbonyl (C=O) groups is 8. The number of aromatic nitrogens is 2. The van der Waals surface area contributed by atoms with E-state index in [1.54, 1.807) is 6.92 Å². The summed E-state index contributed by atoms with van der Waals surface area (Å²) in [6.07, 6.45) is 0.174. The molecular formula is C28H28N8O10S3. The van der Waals surface area contributed by atoms with Gasteiger partial charge in [-0.1, -0.05) is 35.2 Å². The molecule has 1 unspecified atom stereocenters. The molecule has 7 amide bonds. The molecule has 0 radical (unpaired) electrons. The molecule has 258 valence electrons.